The fourth-order valence-corrected chi connectivity index (χ4v) is 1.95. The number of thioether (sulfide) groups is 1. The summed E-state index contributed by atoms with van der Waals surface area (Å²) in [6.45, 7) is 0. The van der Waals surface area contributed by atoms with E-state index in [1.807, 2.05) is 36.7 Å². The molecule has 1 N–H and O–H groups in total. The predicted molar refractivity (Wildman–Crippen MR) is 71.7 cm³/mol. The quantitative estimate of drug-likeness (QED) is 0.647. The number of aromatic nitrogens is 1. The van der Waals surface area contributed by atoms with Crippen molar-refractivity contribution in [1.82, 2.24) is 4.98 Å². The summed E-state index contributed by atoms with van der Waals surface area (Å²) < 4.78 is 0. The van der Waals surface area contributed by atoms with Gasteiger partial charge in [-0.3, -0.25) is 0 Å². The SMILES string of the molecule is CSC(=Nc1ccc(C#N)cc1)c1ccc[nH]1. The van der Waals surface area contributed by atoms with Gasteiger partial charge in [-0.15, -0.1) is 11.8 Å². The number of nitrogens with one attached hydrogen (secondary N) is 1. The first-order chi connectivity index (χ1) is 8.33. The van der Waals surface area contributed by atoms with E-state index < -0.39 is 0 Å². The zero-order valence-electron chi connectivity index (χ0n) is 9.34. The highest BCUT2D eigenvalue weighted by Crippen LogP contribution is 2.18. The summed E-state index contributed by atoms with van der Waals surface area (Å²) in [6, 6.07) is 13.2. The zero-order valence-corrected chi connectivity index (χ0v) is 10.2. The molecule has 17 heavy (non-hydrogen) atoms. The molecule has 0 fully saturated rings. The zero-order chi connectivity index (χ0) is 12.1. The number of rotatable bonds is 2. The van der Waals surface area contributed by atoms with E-state index in [-0.39, 0.29) is 0 Å². The first-order valence-electron chi connectivity index (χ1n) is 5.10. The number of H-pyrrole nitrogens is 1. The van der Waals surface area contributed by atoms with Crippen LogP contribution in [0.3, 0.4) is 0 Å². The fourth-order valence-electron chi connectivity index (χ4n) is 1.41. The van der Waals surface area contributed by atoms with E-state index in [4.69, 9.17) is 5.26 Å². The van der Waals surface area contributed by atoms with Gasteiger partial charge in [0.1, 0.15) is 5.04 Å². The lowest BCUT2D eigenvalue weighted by atomic mass is 10.2. The minimum absolute atomic E-state index is 0.648. The van der Waals surface area contributed by atoms with Crippen LogP contribution < -0.4 is 0 Å². The molecule has 2 aromatic rings. The van der Waals surface area contributed by atoms with Crippen molar-refractivity contribution >= 4 is 22.5 Å². The van der Waals surface area contributed by atoms with Crippen molar-refractivity contribution in [1.29, 1.82) is 5.26 Å². The van der Waals surface area contributed by atoms with Crippen LogP contribution in [0, 0.1) is 11.3 Å². The van der Waals surface area contributed by atoms with Gasteiger partial charge < -0.3 is 4.98 Å². The van der Waals surface area contributed by atoms with Gasteiger partial charge in [0, 0.05) is 6.20 Å². The van der Waals surface area contributed by atoms with Gasteiger partial charge in [-0.2, -0.15) is 5.26 Å². The summed E-state index contributed by atoms with van der Waals surface area (Å²) in [4.78, 5) is 7.66. The Balaban J connectivity index is 2.30. The highest BCUT2D eigenvalue weighted by atomic mass is 32.2. The van der Waals surface area contributed by atoms with Crippen LogP contribution in [-0.2, 0) is 0 Å². The second-order valence-electron chi connectivity index (χ2n) is 3.36. The van der Waals surface area contributed by atoms with Gasteiger partial charge in [-0.05, 0) is 42.7 Å². The van der Waals surface area contributed by atoms with Gasteiger partial charge >= 0.3 is 0 Å². The molecule has 1 aromatic carbocycles. The maximum Gasteiger partial charge on any atom is 0.120 e. The molecule has 2 rings (SSSR count). The Kier molecular flexibility index (Phi) is 3.63. The van der Waals surface area contributed by atoms with Gasteiger partial charge in [-0.1, -0.05) is 0 Å². The van der Waals surface area contributed by atoms with Gasteiger partial charge in [0.25, 0.3) is 0 Å². The third kappa shape index (κ3) is 2.77. The number of nitrogens with zero attached hydrogens (tertiary/aromatic N) is 2. The molecule has 84 valence electrons. The molecule has 0 atom stereocenters. The standard InChI is InChI=1S/C13H11N3S/c1-17-13(12-3-2-8-15-12)16-11-6-4-10(9-14)5-7-11/h2-8,15H,1H3. The van der Waals surface area contributed by atoms with Crippen molar-refractivity contribution in [3.05, 3.63) is 53.9 Å². The van der Waals surface area contributed by atoms with Crippen molar-refractivity contribution < 1.29 is 0 Å². The first-order valence-corrected chi connectivity index (χ1v) is 6.32. The number of aromatic amines is 1. The molecular formula is C13H11N3S. The predicted octanol–water partition coefficient (Wildman–Crippen LogP) is 3.33. The van der Waals surface area contributed by atoms with E-state index in [9.17, 15) is 0 Å². The van der Waals surface area contributed by atoms with Crippen molar-refractivity contribution in [2.45, 2.75) is 0 Å². The Hall–Kier alpha value is -1.99. The van der Waals surface area contributed by atoms with Crippen molar-refractivity contribution in [3.8, 4) is 6.07 Å². The third-order valence-corrected chi connectivity index (χ3v) is 2.95. The summed E-state index contributed by atoms with van der Waals surface area (Å²) in [5.74, 6) is 0. The van der Waals surface area contributed by atoms with Gasteiger partial charge in [0.05, 0.1) is 23.0 Å². The van der Waals surface area contributed by atoms with Crippen LogP contribution in [0.15, 0.2) is 47.6 Å². The fraction of sp³-hybridized carbons (Fsp3) is 0.0769. The molecule has 0 saturated carbocycles. The summed E-state index contributed by atoms with van der Waals surface area (Å²) >= 11 is 1.59. The molecule has 0 amide bonds. The molecular weight excluding hydrogens is 230 g/mol. The molecule has 0 bridgehead atoms. The van der Waals surface area contributed by atoms with E-state index in [0.29, 0.717) is 5.56 Å². The van der Waals surface area contributed by atoms with Crippen LogP contribution >= 0.6 is 11.8 Å². The third-order valence-electron chi connectivity index (χ3n) is 2.25. The largest absolute Gasteiger partial charge is 0.359 e. The normalized spacial score (nSPS) is 11.2. The molecule has 0 spiro atoms. The maximum atomic E-state index is 8.71. The Morgan fingerprint density at radius 1 is 1.29 bits per heavy atom. The topological polar surface area (TPSA) is 51.9 Å². The number of hydrogen-bond donors (Lipinski definition) is 1. The van der Waals surface area contributed by atoms with Crippen molar-refractivity contribution in [3.63, 3.8) is 0 Å². The molecule has 0 radical (unpaired) electrons. The van der Waals surface area contributed by atoms with Gasteiger partial charge in [-0.25, -0.2) is 4.99 Å². The van der Waals surface area contributed by atoms with E-state index in [1.54, 1.807) is 23.9 Å². The van der Waals surface area contributed by atoms with E-state index >= 15 is 0 Å². The Bertz CT molecular complexity index is 547. The number of nitriles is 1. The van der Waals surface area contributed by atoms with Gasteiger partial charge in [0.2, 0.25) is 0 Å². The van der Waals surface area contributed by atoms with Crippen LogP contribution in [0.2, 0.25) is 0 Å². The second-order valence-corrected chi connectivity index (χ2v) is 4.16. The monoisotopic (exact) mass is 241 g/mol. The maximum absolute atomic E-state index is 8.71. The van der Waals surface area contributed by atoms with E-state index in [1.165, 1.54) is 0 Å². The van der Waals surface area contributed by atoms with E-state index in [0.717, 1.165) is 16.4 Å². The molecule has 0 saturated heterocycles. The summed E-state index contributed by atoms with van der Waals surface area (Å²) in [5.41, 5.74) is 2.50. The number of hydrogen-bond acceptors (Lipinski definition) is 3. The average molecular weight is 241 g/mol. The Labute approximate surface area is 104 Å². The van der Waals surface area contributed by atoms with E-state index in [2.05, 4.69) is 16.0 Å². The average Bonchev–Trinajstić information content (AvgIpc) is 2.90. The highest BCUT2D eigenvalue weighted by molar-refractivity contribution is 8.13. The van der Waals surface area contributed by atoms with Crippen LogP contribution in [0.5, 0.6) is 0 Å². The second kappa shape index (κ2) is 5.37. The smallest absolute Gasteiger partial charge is 0.120 e. The van der Waals surface area contributed by atoms with Gasteiger partial charge in [0.15, 0.2) is 0 Å². The minimum atomic E-state index is 0.648. The highest BCUT2D eigenvalue weighted by Gasteiger charge is 2.02. The molecule has 0 aliphatic rings. The molecule has 4 heteroatoms. The van der Waals surface area contributed by atoms with Crippen molar-refractivity contribution in [2.24, 2.45) is 4.99 Å². The summed E-state index contributed by atoms with van der Waals surface area (Å²) in [7, 11) is 0. The number of benzene rings is 1. The van der Waals surface area contributed by atoms with Crippen molar-refractivity contribution in [2.75, 3.05) is 6.26 Å². The lowest BCUT2D eigenvalue weighted by Gasteiger charge is -2.00. The molecule has 3 nitrogen and oxygen atoms in total. The summed E-state index contributed by atoms with van der Waals surface area (Å²) in [6.07, 6.45) is 3.86. The Morgan fingerprint density at radius 3 is 2.59 bits per heavy atom. The molecule has 0 unspecified atom stereocenters. The molecule has 0 aliphatic carbocycles. The minimum Gasteiger partial charge on any atom is -0.359 e. The van der Waals surface area contributed by atoms with Crippen LogP contribution in [-0.4, -0.2) is 16.3 Å². The molecule has 1 aromatic heterocycles. The van der Waals surface area contributed by atoms with Crippen LogP contribution in [0.1, 0.15) is 11.3 Å². The van der Waals surface area contributed by atoms with Crippen LogP contribution in [0.25, 0.3) is 0 Å². The molecule has 0 aliphatic heterocycles. The van der Waals surface area contributed by atoms with Crippen LogP contribution in [0.4, 0.5) is 5.69 Å². The Morgan fingerprint density at radius 2 is 2.06 bits per heavy atom. The molecule has 1 heterocycles. The lowest BCUT2D eigenvalue weighted by molar-refractivity contribution is 1.37. The number of aliphatic imine (C=N–C) groups is 1. The summed E-state index contributed by atoms with van der Waals surface area (Å²) in [5, 5.41) is 9.64. The first kappa shape index (κ1) is 11.5. The lowest BCUT2D eigenvalue weighted by Crippen LogP contribution is -1.93.